The van der Waals surface area contributed by atoms with Crippen molar-refractivity contribution in [2.75, 3.05) is 6.61 Å². The van der Waals surface area contributed by atoms with E-state index in [4.69, 9.17) is 21.1 Å². The molecule has 1 atom stereocenters. The highest BCUT2D eigenvalue weighted by Crippen LogP contribution is 2.34. The van der Waals surface area contributed by atoms with Gasteiger partial charge in [-0.3, -0.25) is 9.59 Å². The minimum absolute atomic E-state index is 0.174. The zero-order valence-electron chi connectivity index (χ0n) is 23.4. The fourth-order valence-electron chi connectivity index (χ4n) is 3.96. The zero-order chi connectivity index (χ0) is 29.1. The molecule has 0 aliphatic rings. The van der Waals surface area contributed by atoms with Gasteiger partial charge in [0.15, 0.2) is 11.5 Å². The van der Waals surface area contributed by atoms with Crippen LogP contribution in [0.3, 0.4) is 0 Å². The lowest BCUT2D eigenvalue weighted by molar-refractivity contribution is -0.123. The van der Waals surface area contributed by atoms with Crippen molar-refractivity contribution in [2.45, 2.75) is 46.8 Å². The van der Waals surface area contributed by atoms with Crippen molar-refractivity contribution in [3.05, 3.63) is 106 Å². The first-order valence-corrected chi connectivity index (χ1v) is 13.6. The number of allylic oxidation sites excluding steroid dienone is 1. The van der Waals surface area contributed by atoms with E-state index >= 15 is 0 Å². The number of halogens is 1. The molecule has 1 unspecified atom stereocenters. The average molecular weight is 562 g/mol. The fraction of sp³-hybridized carbons (Fsp3) is 0.281. The molecule has 8 heteroatoms. The highest BCUT2D eigenvalue weighted by atomic mass is 35.5. The van der Waals surface area contributed by atoms with E-state index in [2.05, 4.69) is 22.4 Å². The molecular weight excluding hydrogens is 526 g/mol. The lowest BCUT2D eigenvalue weighted by Crippen LogP contribution is -2.48. The van der Waals surface area contributed by atoms with Crippen molar-refractivity contribution in [3.63, 3.8) is 0 Å². The Balaban J connectivity index is 1.75. The monoisotopic (exact) mass is 561 g/mol. The molecule has 0 spiro atoms. The topological polar surface area (TPSA) is 89.0 Å². The van der Waals surface area contributed by atoms with Crippen molar-refractivity contribution in [1.82, 2.24) is 10.7 Å². The number of aryl methyl sites for hydroxylation is 1. The third-order valence-corrected chi connectivity index (χ3v) is 6.27. The van der Waals surface area contributed by atoms with Gasteiger partial charge in [0.1, 0.15) is 12.6 Å². The summed E-state index contributed by atoms with van der Waals surface area (Å²) in [7, 11) is 0. The van der Waals surface area contributed by atoms with E-state index in [9.17, 15) is 9.59 Å². The summed E-state index contributed by atoms with van der Waals surface area (Å²) in [5.41, 5.74) is 6.75. The van der Waals surface area contributed by atoms with Gasteiger partial charge in [-0.15, -0.1) is 6.58 Å². The Hall–Kier alpha value is -4.10. The number of nitrogens with one attached hydrogen (secondary N) is 2. The average Bonchev–Trinajstić information content (AvgIpc) is 2.92. The SMILES string of the molecule is C=CCc1cc(C=NNC(=O)C(NC(=O)c2cccc(Cl)c2)C(C)C)cc(OCC)c1OCc1ccc(C)cc1. The molecule has 7 nitrogen and oxygen atoms in total. The van der Waals surface area contributed by atoms with Crippen LogP contribution in [0.15, 0.2) is 78.4 Å². The number of carbonyl (C=O) groups excluding carboxylic acids is 2. The third-order valence-electron chi connectivity index (χ3n) is 6.03. The van der Waals surface area contributed by atoms with E-state index in [0.29, 0.717) is 47.3 Å². The second-order valence-corrected chi connectivity index (χ2v) is 10.1. The maximum absolute atomic E-state index is 12.9. The molecule has 0 aliphatic carbocycles. The highest BCUT2D eigenvalue weighted by Gasteiger charge is 2.24. The maximum Gasteiger partial charge on any atom is 0.262 e. The first kappa shape index (κ1) is 30.4. The lowest BCUT2D eigenvalue weighted by Gasteiger charge is -2.20. The van der Waals surface area contributed by atoms with Crippen molar-refractivity contribution in [1.29, 1.82) is 0 Å². The molecule has 0 fully saturated rings. The third kappa shape index (κ3) is 8.71. The van der Waals surface area contributed by atoms with E-state index in [0.717, 1.165) is 11.1 Å². The lowest BCUT2D eigenvalue weighted by atomic mass is 10.0. The minimum atomic E-state index is -0.795. The van der Waals surface area contributed by atoms with Crippen LogP contribution in [0, 0.1) is 12.8 Å². The van der Waals surface area contributed by atoms with Gasteiger partial charge < -0.3 is 14.8 Å². The Morgan fingerprint density at radius 3 is 2.48 bits per heavy atom. The molecule has 0 heterocycles. The Kier molecular flexibility index (Phi) is 11.3. The van der Waals surface area contributed by atoms with Crippen LogP contribution in [0.25, 0.3) is 0 Å². The van der Waals surface area contributed by atoms with Crippen LogP contribution in [0.4, 0.5) is 0 Å². The summed E-state index contributed by atoms with van der Waals surface area (Å²) in [6, 6.07) is 17.7. The van der Waals surface area contributed by atoms with Gasteiger partial charge in [0.05, 0.1) is 12.8 Å². The summed E-state index contributed by atoms with van der Waals surface area (Å²) in [5, 5.41) is 7.36. The van der Waals surface area contributed by atoms with Gasteiger partial charge in [0.25, 0.3) is 11.8 Å². The van der Waals surface area contributed by atoms with Gasteiger partial charge in [0.2, 0.25) is 0 Å². The molecule has 3 aromatic carbocycles. The van der Waals surface area contributed by atoms with Crippen LogP contribution in [0.5, 0.6) is 11.5 Å². The molecule has 0 aromatic heterocycles. The summed E-state index contributed by atoms with van der Waals surface area (Å²) in [6.07, 6.45) is 3.89. The van der Waals surface area contributed by atoms with Crippen LogP contribution in [-0.4, -0.2) is 30.7 Å². The molecule has 2 N–H and O–H groups in total. The largest absolute Gasteiger partial charge is 0.490 e. The molecule has 210 valence electrons. The normalized spacial score (nSPS) is 11.8. The molecular formula is C32H36ClN3O4. The molecule has 3 rings (SSSR count). The van der Waals surface area contributed by atoms with Crippen LogP contribution in [-0.2, 0) is 17.8 Å². The summed E-state index contributed by atoms with van der Waals surface area (Å²) >= 11 is 6.00. The van der Waals surface area contributed by atoms with E-state index in [1.165, 1.54) is 11.8 Å². The van der Waals surface area contributed by atoms with Crippen molar-refractivity contribution < 1.29 is 19.1 Å². The minimum Gasteiger partial charge on any atom is -0.490 e. The summed E-state index contributed by atoms with van der Waals surface area (Å²) < 4.78 is 12.1. The first-order chi connectivity index (χ1) is 19.2. The number of carbonyl (C=O) groups is 2. The predicted molar refractivity (Wildman–Crippen MR) is 160 cm³/mol. The predicted octanol–water partition coefficient (Wildman–Crippen LogP) is 6.26. The molecule has 0 radical (unpaired) electrons. The van der Waals surface area contributed by atoms with Crippen molar-refractivity contribution >= 4 is 29.6 Å². The van der Waals surface area contributed by atoms with Gasteiger partial charge in [-0.05, 0) is 67.6 Å². The number of amides is 2. The fourth-order valence-corrected chi connectivity index (χ4v) is 4.15. The molecule has 3 aromatic rings. The smallest absolute Gasteiger partial charge is 0.262 e. The van der Waals surface area contributed by atoms with Crippen molar-refractivity contribution in [3.8, 4) is 11.5 Å². The number of hydrogen-bond donors (Lipinski definition) is 2. The van der Waals surface area contributed by atoms with Crippen LogP contribution in [0.1, 0.15) is 53.4 Å². The van der Waals surface area contributed by atoms with Gasteiger partial charge in [-0.1, -0.05) is 67.4 Å². The number of rotatable bonds is 13. The van der Waals surface area contributed by atoms with Crippen LogP contribution >= 0.6 is 11.6 Å². The number of hydrazone groups is 1. The summed E-state index contributed by atoms with van der Waals surface area (Å²) in [6.45, 7) is 12.4. The number of benzene rings is 3. The molecule has 0 saturated heterocycles. The van der Waals surface area contributed by atoms with Gasteiger partial charge in [-0.2, -0.15) is 5.10 Å². The standard InChI is InChI=1S/C32H36ClN3O4/c1-6-9-25-16-24(17-28(39-7-2)30(25)40-20-23-14-12-22(5)13-15-23)19-34-36-32(38)29(21(3)4)35-31(37)26-10-8-11-27(33)18-26/h6,8,10-19,21,29H,1,7,9,20H2,2-5H3,(H,35,37)(H,36,38). The van der Waals surface area contributed by atoms with E-state index in [1.807, 2.05) is 64.1 Å². The first-order valence-electron chi connectivity index (χ1n) is 13.2. The second kappa shape index (κ2) is 14.9. The van der Waals surface area contributed by atoms with Gasteiger partial charge in [-0.25, -0.2) is 5.43 Å². The molecule has 0 bridgehead atoms. The van der Waals surface area contributed by atoms with Crippen LogP contribution in [0.2, 0.25) is 5.02 Å². The summed E-state index contributed by atoms with van der Waals surface area (Å²) in [5.74, 6) is 0.225. The van der Waals surface area contributed by atoms with E-state index < -0.39 is 17.9 Å². The highest BCUT2D eigenvalue weighted by molar-refractivity contribution is 6.31. The number of nitrogens with zero attached hydrogens (tertiary/aromatic N) is 1. The van der Waals surface area contributed by atoms with Gasteiger partial charge in [0, 0.05) is 16.1 Å². The van der Waals surface area contributed by atoms with Gasteiger partial charge >= 0.3 is 0 Å². The molecule has 40 heavy (non-hydrogen) atoms. The quantitative estimate of drug-likeness (QED) is 0.146. The van der Waals surface area contributed by atoms with E-state index in [1.54, 1.807) is 30.3 Å². The Bertz CT molecular complexity index is 1350. The van der Waals surface area contributed by atoms with E-state index in [-0.39, 0.29) is 5.92 Å². The van der Waals surface area contributed by atoms with Crippen LogP contribution < -0.4 is 20.2 Å². The Morgan fingerprint density at radius 1 is 1.07 bits per heavy atom. The number of hydrogen-bond acceptors (Lipinski definition) is 5. The second-order valence-electron chi connectivity index (χ2n) is 9.65. The number of ether oxygens (including phenoxy) is 2. The Labute approximate surface area is 241 Å². The van der Waals surface area contributed by atoms with Crippen molar-refractivity contribution in [2.24, 2.45) is 11.0 Å². The summed E-state index contributed by atoms with van der Waals surface area (Å²) in [4.78, 5) is 25.6. The Morgan fingerprint density at radius 2 is 1.82 bits per heavy atom. The molecule has 0 aliphatic heterocycles. The molecule has 2 amide bonds. The molecule has 0 saturated carbocycles. The maximum atomic E-state index is 12.9. The zero-order valence-corrected chi connectivity index (χ0v) is 24.1.